The second-order valence-corrected chi connectivity index (χ2v) is 7.19. The summed E-state index contributed by atoms with van der Waals surface area (Å²) in [6.07, 6.45) is 0. The van der Waals surface area contributed by atoms with Gasteiger partial charge in [0.15, 0.2) is 5.16 Å². The van der Waals surface area contributed by atoms with Crippen molar-refractivity contribution in [1.29, 1.82) is 0 Å². The molecule has 1 N–H and O–H groups in total. The lowest BCUT2D eigenvalue weighted by atomic mass is 9.94. The number of aliphatic carboxylic acids is 1. The molecule has 0 aromatic carbocycles. The van der Waals surface area contributed by atoms with Gasteiger partial charge in [-0.3, -0.25) is 4.79 Å². The van der Waals surface area contributed by atoms with Crippen molar-refractivity contribution >= 4 is 17.7 Å². The fourth-order valence-electron chi connectivity index (χ4n) is 1.58. The molecule has 1 heterocycles. The summed E-state index contributed by atoms with van der Waals surface area (Å²) in [6, 6.07) is 0. The molecule has 0 aliphatic carbocycles. The van der Waals surface area contributed by atoms with Crippen LogP contribution < -0.4 is 0 Å². The third-order valence-corrected chi connectivity index (χ3v) is 3.21. The molecule has 0 unspecified atom stereocenters. The van der Waals surface area contributed by atoms with Crippen LogP contribution in [0.2, 0.25) is 0 Å². The molecule has 1 rings (SSSR count). The molecule has 0 bridgehead atoms. The number of carbonyl (C=O) groups is 1. The average Bonchev–Trinajstić information content (AvgIpc) is 2.56. The van der Waals surface area contributed by atoms with Crippen molar-refractivity contribution in [2.45, 2.75) is 57.7 Å². The number of carboxylic acids is 1. The van der Waals surface area contributed by atoms with Crippen LogP contribution in [0.5, 0.6) is 0 Å². The Morgan fingerprint density at radius 2 is 1.78 bits per heavy atom. The maximum atomic E-state index is 10.7. The van der Waals surface area contributed by atoms with E-state index < -0.39 is 5.97 Å². The van der Waals surface area contributed by atoms with Crippen LogP contribution in [0.15, 0.2) is 5.16 Å². The van der Waals surface area contributed by atoms with E-state index in [4.69, 9.17) is 5.11 Å². The van der Waals surface area contributed by atoms with Gasteiger partial charge in [0.1, 0.15) is 5.82 Å². The minimum Gasteiger partial charge on any atom is -0.481 e. The molecular formula is C12H21N3O2S. The topological polar surface area (TPSA) is 68.0 Å². The summed E-state index contributed by atoms with van der Waals surface area (Å²) in [5, 5.41) is 17.8. The zero-order chi connectivity index (χ0) is 14.1. The molecule has 0 aliphatic heterocycles. The van der Waals surface area contributed by atoms with Crippen LogP contribution in [-0.2, 0) is 15.7 Å². The van der Waals surface area contributed by atoms with Crippen LogP contribution in [-0.4, -0.2) is 31.6 Å². The molecule has 0 aliphatic rings. The van der Waals surface area contributed by atoms with E-state index in [1.165, 1.54) is 11.8 Å². The molecule has 102 valence electrons. The molecule has 6 heteroatoms. The van der Waals surface area contributed by atoms with Gasteiger partial charge in [-0.15, -0.1) is 10.2 Å². The Labute approximate surface area is 112 Å². The van der Waals surface area contributed by atoms with Crippen molar-refractivity contribution in [3.05, 3.63) is 5.82 Å². The van der Waals surface area contributed by atoms with Crippen LogP contribution in [0, 0.1) is 0 Å². The summed E-state index contributed by atoms with van der Waals surface area (Å²) in [7, 11) is 0. The molecule has 5 nitrogen and oxygen atoms in total. The molecule has 0 saturated carbocycles. The Bertz CT molecular complexity index is 441. The summed E-state index contributed by atoms with van der Waals surface area (Å²) >= 11 is 1.21. The lowest BCUT2D eigenvalue weighted by Crippen LogP contribution is -2.30. The van der Waals surface area contributed by atoms with E-state index in [2.05, 4.69) is 51.7 Å². The van der Waals surface area contributed by atoms with Crippen molar-refractivity contribution < 1.29 is 9.90 Å². The van der Waals surface area contributed by atoms with Gasteiger partial charge in [-0.1, -0.05) is 32.5 Å². The van der Waals surface area contributed by atoms with E-state index >= 15 is 0 Å². The van der Waals surface area contributed by atoms with Crippen LogP contribution in [0.25, 0.3) is 0 Å². The third-order valence-electron chi connectivity index (χ3n) is 2.30. The van der Waals surface area contributed by atoms with Crippen LogP contribution in [0.4, 0.5) is 0 Å². The maximum absolute atomic E-state index is 10.7. The van der Waals surface area contributed by atoms with Gasteiger partial charge in [-0.25, -0.2) is 0 Å². The number of nitrogens with zero attached hydrogens (tertiary/aromatic N) is 3. The maximum Gasteiger partial charge on any atom is 0.313 e. The molecule has 0 saturated heterocycles. The van der Waals surface area contributed by atoms with Crippen molar-refractivity contribution in [2.24, 2.45) is 0 Å². The highest BCUT2D eigenvalue weighted by atomic mass is 32.2. The molecule has 0 spiro atoms. The number of thioether (sulfide) groups is 1. The Morgan fingerprint density at radius 1 is 1.22 bits per heavy atom. The summed E-state index contributed by atoms with van der Waals surface area (Å²) in [5.41, 5.74) is -0.296. The zero-order valence-corrected chi connectivity index (χ0v) is 12.6. The lowest BCUT2D eigenvalue weighted by molar-refractivity contribution is -0.133. The molecule has 1 aromatic rings. The summed E-state index contributed by atoms with van der Waals surface area (Å²) < 4.78 is 2.03. The fraction of sp³-hybridized carbons (Fsp3) is 0.750. The number of carboxylic acid groups (broad SMARTS) is 1. The first kappa shape index (κ1) is 15.0. The van der Waals surface area contributed by atoms with E-state index in [-0.39, 0.29) is 16.7 Å². The predicted molar refractivity (Wildman–Crippen MR) is 72.1 cm³/mol. The minimum absolute atomic E-state index is 0.00163. The van der Waals surface area contributed by atoms with Gasteiger partial charge in [0.05, 0.1) is 5.75 Å². The molecule has 18 heavy (non-hydrogen) atoms. The van der Waals surface area contributed by atoms with Crippen molar-refractivity contribution in [3.8, 4) is 0 Å². The summed E-state index contributed by atoms with van der Waals surface area (Å²) in [6.45, 7) is 12.4. The third kappa shape index (κ3) is 3.48. The fourth-order valence-corrected chi connectivity index (χ4v) is 2.42. The second-order valence-electron chi connectivity index (χ2n) is 6.24. The van der Waals surface area contributed by atoms with Gasteiger partial charge in [0, 0.05) is 11.0 Å². The van der Waals surface area contributed by atoms with E-state index in [9.17, 15) is 4.79 Å². The molecular weight excluding hydrogens is 250 g/mol. The lowest BCUT2D eigenvalue weighted by Gasteiger charge is -2.29. The SMILES string of the molecule is CC(C)(C)c1nnc(SCC(=O)O)n1C(C)(C)C. The highest BCUT2D eigenvalue weighted by Crippen LogP contribution is 2.31. The van der Waals surface area contributed by atoms with E-state index in [0.29, 0.717) is 5.16 Å². The monoisotopic (exact) mass is 271 g/mol. The number of hydrogen-bond acceptors (Lipinski definition) is 4. The van der Waals surface area contributed by atoms with Gasteiger partial charge in [-0.05, 0) is 20.8 Å². The smallest absolute Gasteiger partial charge is 0.313 e. The van der Waals surface area contributed by atoms with E-state index in [0.717, 1.165) is 5.82 Å². The Kier molecular flexibility index (Phi) is 4.10. The molecule has 0 atom stereocenters. The van der Waals surface area contributed by atoms with E-state index in [1.54, 1.807) is 0 Å². The first-order valence-electron chi connectivity index (χ1n) is 5.84. The van der Waals surface area contributed by atoms with Gasteiger partial charge >= 0.3 is 5.97 Å². The summed E-state index contributed by atoms with van der Waals surface area (Å²) in [4.78, 5) is 10.7. The first-order chi connectivity index (χ1) is 8.03. The van der Waals surface area contributed by atoms with Crippen molar-refractivity contribution in [1.82, 2.24) is 14.8 Å². The van der Waals surface area contributed by atoms with Gasteiger partial charge in [-0.2, -0.15) is 0 Å². The largest absolute Gasteiger partial charge is 0.481 e. The normalized spacial score (nSPS) is 12.8. The standard InChI is InChI=1S/C12H21N3O2S/c1-11(2,3)9-13-14-10(18-7-8(16)17)15(9)12(4,5)6/h7H2,1-6H3,(H,16,17). The first-order valence-corrected chi connectivity index (χ1v) is 6.83. The number of aromatic nitrogens is 3. The van der Waals surface area contributed by atoms with Gasteiger partial charge in [0.25, 0.3) is 0 Å². The minimum atomic E-state index is -0.847. The van der Waals surface area contributed by atoms with E-state index in [1.807, 2.05) is 4.57 Å². The zero-order valence-electron chi connectivity index (χ0n) is 11.8. The molecule has 0 amide bonds. The molecule has 0 radical (unpaired) electrons. The van der Waals surface area contributed by atoms with Crippen LogP contribution >= 0.6 is 11.8 Å². The average molecular weight is 271 g/mol. The summed E-state index contributed by atoms with van der Waals surface area (Å²) in [5.74, 6) is 0.0295. The van der Waals surface area contributed by atoms with Gasteiger partial charge < -0.3 is 9.67 Å². The Balaban J connectivity index is 3.21. The highest BCUT2D eigenvalue weighted by molar-refractivity contribution is 7.99. The van der Waals surface area contributed by atoms with Crippen molar-refractivity contribution in [2.75, 3.05) is 5.75 Å². The quantitative estimate of drug-likeness (QED) is 0.855. The number of rotatable bonds is 3. The van der Waals surface area contributed by atoms with Crippen LogP contribution in [0.3, 0.4) is 0 Å². The Morgan fingerprint density at radius 3 is 2.17 bits per heavy atom. The van der Waals surface area contributed by atoms with Crippen LogP contribution in [0.1, 0.15) is 47.4 Å². The van der Waals surface area contributed by atoms with Gasteiger partial charge in [0.2, 0.25) is 0 Å². The molecule has 0 fully saturated rings. The second kappa shape index (κ2) is 4.91. The predicted octanol–water partition coefficient (Wildman–Crippen LogP) is 2.51. The number of hydrogen-bond donors (Lipinski definition) is 1. The molecule has 1 aromatic heterocycles. The van der Waals surface area contributed by atoms with Crippen molar-refractivity contribution in [3.63, 3.8) is 0 Å². The highest BCUT2D eigenvalue weighted by Gasteiger charge is 2.30. The Hall–Kier alpha value is -1.04.